The molecule has 3 amide bonds. The van der Waals surface area contributed by atoms with Crippen LogP contribution in [0.25, 0.3) is 10.8 Å². The number of likely N-dealkylation sites (tertiary alicyclic amines) is 1. The molecule has 4 heterocycles. The average Bonchev–Trinajstić information content (AvgIpc) is 3.65. The maximum atomic E-state index is 14.9. The Kier molecular flexibility index (Phi) is 7.83. The van der Waals surface area contributed by atoms with Gasteiger partial charge in [-0.1, -0.05) is 61.6 Å². The summed E-state index contributed by atoms with van der Waals surface area (Å²) in [6, 6.07) is 11.8. The monoisotopic (exact) mass is 587 g/mol. The highest BCUT2D eigenvalue weighted by Crippen LogP contribution is 2.56. The number of nitrogens with one attached hydrogen (secondary N) is 1. The van der Waals surface area contributed by atoms with Crippen molar-refractivity contribution in [1.29, 1.82) is 0 Å². The van der Waals surface area contributed by atoms with E-state index >= 15 is 0 Å². The topological polar surface area (TPSA) is 125 Å². The highest BCUT2D eigenvalue weighted by Gasteiger charge is 2.74. The first kappa shape index (κ1) is 29.1. The SMILES string of the molecule is CC[C@@H](CO)N1C(=O)[C@H]2[C@@H]3C(=O)O[C@H](C)CNC(=O)CC/C=C\CN(c4ccc5ccccc5c4)C(=O)[C@H]1[C@@]21C=C[C@@H]3O1. The van der Waals surface area contributed by atoms with Gasteiger partial charge in [0.15, 0.2) is 0 Å². The van der Waals surface area contributed by atoms with Crippen molar-refractivity contribution in [2.45, 2.75) is 63.0 Å². The van der Waals surface area contributed by atoms with E-state index in [1.54, 1.807) is 24.0 Å². The number of carbonyl (C=O) groups excluding carboxylic acids is 4. The molecule has 43 heavy (non-hydrogen) atoms. The van der Waals surface area contributed by atoms with Gasteiger partial charge in [-0.05, 0) is 42.7 Å². The number of carbonyl (C=O) groups is 4. The molecular weight excluding hydrogens is 550 g/mol. The predicted molar refractivity (Wildman–Crippen MR) is 159 cm³/mol. The van der Waals surface area contributed by atoms with Gasteiger partial charge in [-0.3, -0.25) is 19.2 Å². The summed E-state index contributed by atoms with van der Waals surface area (Å²) in [4.78, 5) is 58.2. The molecule has 0 aliphatic carbocycles. The van der Waals surface area contributed by atoms with Gasteiger partial charge in [0.2, 0.25) is 11.8 Å². The molecule has 10 heteroatoms. The Hall–Kier alpha value is -4.02. The smallest absolute Gasteiger partial charge is 0.313 e. The minimum absolute atomic E-state index is 0.136. The van der Waals surface area contributed by atoms with Gasteiger partial charge >= 0.3 is 5.97 Å². The van der Waals surface area contributed by atoms with E-state index in [9.17, 15) is 24.3 Å². The normalized spacial score (nSPS) is 32.6. The number of nitrogens with zero attached hydrogens (tertiary/aromatic N) is 2. The number of aliphatic hydroxyl groups excluding tert-OH is 1. The molecule has 4 aliphatic rings. The Bertz CT molecular complexity index is 1500. The first-order valence-corrected chi connectivity index (χ1v) is 15.0. The Morgan fingerprint density at radius 3 is 2.63 bits per heavy atom. The highest BCUT2D eigenvalue weighted by atomic mass is 16.6. The van der Waals surface area contributed by atoms with Crippen molar-refractivity contribution in [3.63, 3.8) is 0 Å². The zero-order chi connectivity index (χ0) is 30.3. The number of cyclic esters (lactones) is 1. The third kappa shape index (κ3) is 4.92. The van der Waals surface area contributed by atoms with Crippen LogP contribution in [0, 0.1) is 11.8 Å². The number of rotatable bonds is 4. The zero-order valence-electron chi connectivity index (χ0n) is 24.3. The van der Waals surface area contributed by atoms with Crippen LogP contribution in [-0.4, -0.2) is 83.3 Å². The van der Waals surface area contributed by atoms with Crippen LogP contribution in [-0.2, 0) is 28.7 Å². The standard InChI is InChI=1S/C33H37N3O7/c1-3-23(19-37)36-29-31(40)35(24-13-12-21-9-6-7-10-22(21)17-24)16-8-4-5-11-26(38)34-18-20(2)42-32(41)27-25-14-15-33(29,43-25)28(27)30(36)39/h4,6-10,12-15,17,20,23,25,27-29,37H,3,5,11,16,18-19H2,1-2H3,(H,34,38)/b8-4-/t20-,23+,25+,27-,28-,29+,33-/m1/s1. The van der Waals surface area contributed by atoms with E-state index < -0.39 is 53.6 Å². The van der Waals surface area contributed by atoms with E-state index in [1.807, 2.05) is 61.5 Å². The summed E-state index contributed by atoms with van der Waals surface area (Å²) in [5.74, 6) is -3.53. The molecule has 5 bridgehead atoms. The van der Waals surface area contributed by atoms with Crippen molar-refractivity contribution in [1.82, 2.24) is 10.2 Å². The number of esters is 1. The number of hydrogen-bond acceptors (Lipinski definition) is 7. The first-order valence-electron chi connectivity index (χ1n) is 15.0. The largest absolute Gasteiger partial charge is 0.460 e. The van der Waals surface area contributed by atoms with Gasteiger partial charge < -0.3 is 29.7 Å². The summed E-state index contributed by atoms with van der Waals surface area (Å²) in [6.07, 6.45) is 6.94. The number of fused-ring (bicyclic) bond motifs is 3. The van der Waals surface area contributed by atoms with Crippen molar-refractivity contribution >= 4 is 40.2 Å². The van der Waals surface area contributed by atoms with Crippen LogP contribution in [0.3, 0.4) is 0 Å². The van der Waals surface area contributed by atoms with E-state index in [4.69, 9.17) is 9.47 Å². The van der Waals surface area contributed by atoms with Gasteiger partial charge in [0.25, 0.3) is 5.91 Å². The molecule has 0 saturated carbocycles. The molecule has 4 aliphatic heterocycles. The van der Waals surface area contributed by atoms with Crippen molar-refractivity contribution in [3.8, 4) is 0 Å². The van der Waals surface area contributed by atoms with Crippen molar-refractivity contribution in [2.24, 2.45) is 11.8 Å². The van der Waals surface area contributed by atoms with Gasteiger partial charge in [0.1, 0.15) is 23.7 Å². The van der Waals surface area contributed by atoms with Crippen LogP contribution >= 0.6 is 0 Å². The van der Waals surface area contributed by atoms with E-state index in [0.29, 0.717) is 18.5 Å². The molecule has 226 valence electrons. The number of benzene rings is 2. The van der Waals surface area contributed by atoms with Crippen molar-refractivity contribution in [3.05, 3.63) is 66.8 Å². The van der Waals surface area contributed by atoms with Gasteiger partial charge in [0, 0.05) is 18.7 Å². The van der Waals surface area contributed by atoms with E-state index in [0.717, 1.165) is 10.8 Å². The molecule has 1 spiro atoms. The predicted octanol–water partition coefficient (Wildman–Crippen LogP) is 2.49. The third-order valence-electron chi connectivity index (χ3n) is 9.10. The summed E-state index contributed by atoms with van der Waals surface area (Å²) in [7, 11) is 0. The molecule has 2 saturated heterocycles. The zero-order valence-corrected chi connectivity index (χ0v) is 24.3. The number of amides is 3. The van der Waals surface area contributed by atoms with Gasteiger partial charge in [-0.25, -0.2) is 0 Å². The summed E-state index contributed by atoms with van der Waals surface area (Å²) >= 11 is 0. The summed E-state index contributed by atoms with van der Waals surface area (Å²) in [5.41, 5.74) is -0.760. The maximum Gasteiger partial charge on any atom is 0.313 e. The number of aliphatic hydroxyl groups is 1. The Balaban J connectivity index is 1.47. The van der Waals surface area contributed by atoms with Crippen molar-refractivity contribution < 1.29 is 33.8 Å². The second kappa shape index (κ2) is 11.6. The van der Waals surface area contributed by atoms with Gasteiger partial charge in [-0.2, -0.15) is 0 Å². The molecule has 2 N–H and O–H groups in total. The molecule has 2 aromatic carbocycles. The molecule has 6 rings (SSSR count). The maximum absolute atomic E-state index is 14.9. The van der Waals surface area contributed by atoms with Crippen LogP contribution in [0.2, 0.25) is 0 Å². The molecular formula is C33H37N3O7. The van der Waals surface area contributed by atoms with Crippen LogP contribution in [0.1, 0.15) is 33.1 Å². The lowest BCUT2D eigenvalue weighted by molar-refractivity contribution is -0.159. The number of allylic oxidation sites excluding steroid dienone is 1. The second-order valence-electron chi connectivity index (χ2n) is 11.7. The van der Waals surface area contributed by atoms with Crippen LogP contribution in [0.5, 0.6) is 0 Å². The van der Waals surface area contributed by atoms with Crippen LogP contribution in [0.15, 0.2) is 66.8 Å². The fourth-order valence-corrected chi connectivity index (χ4v) is 6.96. The molecule has 2 aromatic rings. The quantitative estimate of drug-likeness (QED) is 0.416. The summed E-state index contributed by atoms with van der Waals surface area (Å²) < 4.78 is 12.2. The lowest BCUT2D eigenvalue weighted by Crippen LogP contribution is -2.58. The van der Waals surface area contributed by atoms with Crippen LogP contribution < -0.4 is 10.2 Å². The molecule has 7 atom stereocenters. The Morgan fingerprint density at radius 2 is 1.86 bits per heavy atom. The number of hydrogen-bond donors (Lipinski definition) is 2. The lowest BCUT2D eigenvalue weighted by atomic mass is 9.74. The van der Waals surface area contributed by atoms with Crippen molar-refractivity contribution in [2.75, 3.05) is 24.6 Å². The van der Waals surface area contributed by atoms with Gasteiger partial charge in [-0.15, -0.1) is 0 Å². The highest BCUT2D eigenvalue weighted by molar-refractivity contribution is 6.06. The molecule has 0 unspecified atom stereocenters. The molecule has 10 nitrogen and oxygen atoms in total. The minimum atomic E-state index is -1.39. The number of ether oxygens (including phenoxy) is 2. The third-order valence-corrected chi connectivity index (χ3v) is 9.10. The molecule has 2 fully saturated rings. The van der Waals surface area contributed by atoms with Crippen LogP contribution in [0.4, 0.5) is 5.69 Å². The Morgan fingerprint density at radius 1 is 1.07 bits per heavy atom. The van der Waals surface area contributed by atoms with Gasteiger partial charge in [0.05, 0.1) is 31.2 Å². The molecule has 0 aromatic heterocycles. The fraction of sp³-hybridized carbons (Fsp3) is 0.455. The fourth-order valence-electron chi connectivity index (χ4n) is 6.96. The average molecular weight is 588 g/mol. The first-order chi connectivity index (χ1) is 20.8. The lowest BCUT2D eigenvalue weighted by Gasteiger charge is -2.38. The Labute approximate surface area is 250 Å². The summed E-state index contributed by atoms with van der Waals surface area (Å²) in [6.45, 7) is 3.51. The van der Waals surface area contributed by atoms with E-state index in [-0.39, 0.29) is 37.9 Å². The summed E-state index contributed by atoms with van der Waals surface area (Å²) in [5, 5.41) is 15.1. The molecule has 0 radical (unpaired) electrons. The second-order valence-corrected chi connectivity index (χ2v) is 11.7. The van der Waals surface area contributed by atoms with E-state index in [1.165, 1.54) is 4.90 Å². The minimum Gasteiger partial charge on any atom is -0.460 e. The number of anilines is 1. The van der Waals surface area contributed by atoms with E-state index in [2.05, 4.69) is 5.32 Å².